The molecule has 6 nitrogen and oxygen atoms in total. The lowest BCUT2D eigenvalue weighted by molar-refractivity contribution is -0.135. The first-order valence-electron chi connectivity index (χ1n) is 10.2. The molecule has 0 spiro atoms. The smallest absolute Gasteiger partial charge is 0.225 e. The molecule has 1 saturated heterocycles. The van der Waals surface area contributed by atoms with Crippen molar-refractivity contribution in [3.05, 3.63) is 18.5 Å². The van der Waals surface area contributed by atoms with Crippen LogP contribution in [-0.2, 0) is 4.79 Å². The molecule has 0 radical (unpaired) electrons. The van der Waals surface area contributed by atoms with Gasteiger partial charge in [0.1, 0.15) is 0 Å². The van der Waals surface area contributed by atoms with Crippen molar-refractivity contribution >= 4 is 11.9 Å². The zero-order valence-corrected chi connectivity index (χ0v) is 16.1. The van der Waals surface area contributed by atoms with E-state index in [1.165, 1.54) is 19.3 Å². The second-order valence-electron chi connectivity index (χ2n) is 7.68. The largest absolute Gasteiger partial charge is 0.346 e. The average Bonchev–Trinajstić information content (AvgIpc) is 2.72. The lowest BCUT2D eigenvalue weighted by Gasteiger charge is -2.34. The Kier molecular flexibility index (Phi) is 7.23. The maximum Gasteiger partial charge on any atom is 0.225 e. The Hall–Kier alpha value is -1.69. The quantitative estimate of drug-likeness (QED) is 0.700. The first-order valence-corrected chi connectivity index (χ1v) is 10.2. The average molecular weight is 360 g/mol. The maximum atomic E-state index is 12.5. The van der Waals surface area contributed by atoms with Crippen LogP contribution in [0.25, 0.3) is 0 Å². The molecule has 26 heavy (non-hydrogen) atoms. The van der Waals surface area contributed by atoms with E-state index < -0.39 is 0 Å². The molecule has 2 fully saturated rings. The van der Waals surface area contributed by atoms with Crippen molar-refractivity contribution in [3.8, 4) is 0 Å². The van der Waals surface area contributed by atoms with Crippen molar-refractivity contribution in [2.45, 2.75) is 44.9 Å². The van der Waals surface area contributed by atoms with Gasteiger partial charge in [-0.15, -0.1) is 0 Å². The van der Waals surface area contributed by atoms with Gasteiger partial charge in [-0.2, -0.15) is 0 Å². The summed E-state index contributed by atoms with van der Waals surface area (Å²) in [4.78, 5) is 27.9. The van der Waals surface area contributed by atoms with Crippen molar-refractivity contribution in [3.63, 3.8) is 0 Å². The van der Waals surface area contributed by atoms with Gasteiger partial charge in [0.25, 0.3) is 0 Å². The molecule has 1 aromatic heterocycles. The van der Waals surface area contributed by atoms with Crippen LogP contribution in [0.5, 0.6) is 0 Å². The molecule has 2 heterocycles. The number of anilines is 1. The minimum atomic E-state index is 0.294. The second kappa shape index (κ2) is 9.86. The van der Waals surface area contributed by atoms with Crippen LogP contribution in [0, 0.1) is 5.92 Å². The normalized spacial score (nSPS) is 19.5. The Morgan fingerprint density at radius 3 is 2.46 bits per heavy atom. The minimum Gasteiger partial charge on any atom is -0.346 e. The van der Waals surface area contributed by atoms with E-state index in [-0.39, 0.29) is 0 Å². The lowest BCUT2D eigenvalue weighted by Crippen LogP contribution is -2.47. The molecule has 144 valence electrons. The summed E-state index contributed by atoms with van der Waals surface area (Å²) in [6.45, 7) is 6.13. The number of hydrogen-bond donors (Lipinski definition) is 0. The summed E-state index contributed by atoms with van der Waals surface area (Å²) in [5.74, 6) is 1.51. The number of rotatable bonds is 7. The number of piperazine rings is 1. The van der Waals surface area contributed by atoms with Crippen LogP contribution in [0.3, 0.4) is 0 Å². The van der Waals surface area contributed by atoms with Crippen LogP contribution >= 0.6 is 0 Å². The fourth-order valence-corrected chi connectivity index (χ4v) is 4.08. The summed E-state index contributed by atoms with van der Waals surface area (Å²) in [5.41, 5.74) is 0. The topological polar surface area (TPSA) is 52.6 Å². The number of carbonyl (C=O) groups is 1. The number of aromatic nitrogens is 2. The van der Waals surface area contributed by atoms with Crippen LogP contribution in [0.1, 0.15) is 44.9 Å². The molecule has 1 aliphatic heterocycles. The van der Waals surface area contributed by atoms with Crippen molar-refractivity contribution in [1.82, 2.24) is 19.8 Å². The van der Waals surface area contributed by atoms with Crippen LogP contribution in [0.4, 0.5) is 5.95 Å². The summed E-state index contributed by atoms with van der Waals surface area (Å²) in [6.07, 6.45) is 11.8. The van der Waals surface area contributed by atoms with Gasteiger partial charge in [-0.3, -0.25) is 9.69 Å². The van der Waals surface area contributed by atoms with Gasteiger partial charge in [-0.25, -0.2) is 9.97 Å². The van der Waals surface area contributed by atoms with Crippen molar-refractivity contribution in [2.75, 3.05) is 51.2 Å². The first-order chi connectivity index (χ1) is 12.7. The van der Waals surface area contributed by atoms with Gasteiger partial charge < -0.3 is 9.80 Å². The predicted molar refractivity (Wildman–Crippen MR) is 104 cm³/mol. The molecule has 0 aromatic carbocycles. The molecule has 0 unspecified atom stereocenters. The third kappa shape index (κ3) is 5.40. The SMILES string of the molecule is CN(CCCCN1CCN(c2ncccn2)CC1)C(=O)C1CCCCC1. The Morgan fingerprint density at radius 2 is 1.77 bits per heavy atom. The van der Waals surface area contributed by atoms with Gasteiger partial charge in [0, 0.05) is 58.1 Å². The van der Waals surface area contributed by atoms with Gasteiger partial charge in [0.05, 0.1) is 0 Å². The van der Waals surface area contributed by atoms with Crippen LogP contribution in [0.15, 0.2) is 18.5 Å². The summed E-state index contributed by atoms with van der Waals surface area (Å²) in [5, 5.41) is 0. The van der Waals surface area contributed by atoms with Gasteiger partial charge in [-0.05, 0) is 38.3 Å². The lowest BCUT2D eigenvalue weighted by atomic mass is 9.88. The fraction of sp³-hybridized carbons (Fsp3) is 0.750. The molecule has 0 bridgehead atoms. The highest BCUT2D eigenvalue weighted by Crippen LogP contribution is 2.25. The molecule has 2 aliphatic rings. The van der Waals surface area contributed by atoms with Gasteiger partial charge in [0.2, 0.25) is 11.9 Å². The molecule has 1 aromatic rings. The Morgan fingerprint density at radius 1 is 1.08 bits per heavy atom. The van der Waals surface area contributed by atoms with Gasteiger partial charge in [0.15, 0.2) is 0 Å². The minimum absolute atomic E-state index is 0.294. The first kappa shape index (κ1) is 19.1. The number of nitrogens with zero attached hydrogens (tertiary/aromatic N) is 5. The standard InChI is InChI=1S/C20H33N5O/c1-23(19(26)18-8-3-2-4-9-18)12-5-6-13-24-14-16-25(17-15-24)20-21-10-7-11-22-20/h7,10-11,18H,2-6,8-9,12-17H2,1H3. The highest BCUT2D eigenvalue weighted by Gasteiger charge is 2.24. The number of amides is 1. The summed E-state index contributed by atoms with van der Waals surface area (Å²) in [6, 6.07) is 1.86. The highest BCUT2D eigenvalue weighted by molar-refractivity contribution is 5.78. The van der Waals surface area contributed by atoms with Crippen LogP contribution in [0.2, 0.25) is 0 Å². The molecule has 3 rings (SSSR count). The third-order valence-electron chi connectivity index (χ3n) is 5.76. The van der Waals surface area contributed by atoms with Crippen LogP contribution < -0.4 is 4.90 Å². The van der Waals surface area contributed by atoms with Crippen molar-refractivity contribution in [1.29, 1.82) is 0 Å². The van der Waals surface area contributed by atoms with E-state index in [9.17, 15) is 4.79 Å². The fourth-order valence-electron chi connectivity index (χ4n) is 4.08. The third-order valence-corrected chi connectivity index (χ3v) is 5.76. The molecule has 1 amide bonds. The summed E-state index contributed by atoms with van der Waals surface area (Å²) < 4.78 is 0. The Bertz CT molecular complexity index is 538. The summed E-state index contributed by atoms with van der Waals surface area (Å²) >= 11 is 0. The molecule has 0 atom stereocenters. The molecular formula is C20H33N5O. The van der Waals surface area contributed by atoms with Crippen LogP contribution in [-0.4, -0.2) is 72.0 Å². The van der Waals surface area contributed by atoms with Gasteiger partial charge in [-0.1, -0.05) is 19.3 Å². The number of carbonyl (C=O) groups excluding carboxylic acids is 1. The van der Waals surface area contributed by atoms with E-state index in [4.69, 9.17) is 0 Å². The van der Waals surface area contributed by atoms with E-state index in [0.29, 0.717) is 11.8 Å². The zero-order chi connectivity index (χ0) is 18.2. The van der Waals surface area contributed by atoms with E-state index >= 15 is 0 Å². The summed E-state index contributed by atoms with van der Waals surface area (Å²) in [7, 11) is 1.98. The molecule has 0 N–H and O–H groups in total. The van der Waals surface area contributed by atoms with E-state index in [0.717, 1.165) is 70.9 Å². The highest BCUT2D eigenvalue weighted by atomic mass is 16.2. The Labute approximate surface area is 157 Å². The molecule has 1 aliphatic carbocycles. The van der Waals surface area contributed by atoms with Gasteiger partial charge >= 0.3 is 0 Å². The second-order valence-corrected chi connectivity index (χ2v) is 7.68. The zero-order valence-electron chi connectivity index (χ0n) is 16.1. The molecular weight excluding hydrogens is 326 g/mol. The predicted octanol–water partition coefficient (Wildman–Crippen LogP) is 2.42. The number of unbranched alkanes of at least 4 members (excludes halogenated alkanes) is 1. The monoisotopic (exact) mass is 359 g/mol. The molecule has 6 heteroatoms. The van der Waals surface area contributed by atoms with Crippen molar-refractivity contribution in [2.24, 2.45) is 5.92 Å². The number of hydrogen-bond acceptors (Lipinski definition) is 5. The van der Waals surface area contributed by atoms with E-state index in [1.54, 1.807) is 12.4 Å². The van der Waals surface area contributed by atoms with E-state index in [1.807, 2.05) is 18.0 Å². The Balaban J connectivity index is 1.29. The maximum absolute atomic E-state index is 12.5. The van der Waals surface area contributed by atoms with Crippen molar-refractivity contribution < 1.29 is 4.79 Å². The van der Waals surface area contributed by atoms with E-state index in [2.05, 4.69) is 19.8 Å². The molecule has 1 saturated carbocycles.